The van der Waals surface area contributed by atoms with Crippen molar-refractivity contribution < 1.29 is 24.2 Å². The van der Waals surface area contributed by atoms with Crippen LogP contribution in [-0.4, -0.2) is 93.0 Å². The normalized spacial score (nSPS) is 17.0. The van der Waals surface area contributed by atoms with Gasteiger partial charge in [-0.3, -0.25) is 14.8 Å². The zero-order valence-corrected chi connectivity index (χ0v) is 23.3. The number of carbonyl (C=O) groups excluding carboxylic acids is 2. The van der Waals surface area contributed by atoms with Crippen molar-refractivity contribution in [2.24, 2.45) is 5.41 Å². The van der Waals surface area contributed by atoms with Crippen molar-refractivity contribution in [1.82, 2.24) is 30.0 Å². The highest BCUT2D eigenvalue weighted by Gasteiger charge is 2.53. The largest absolute Gasteiger partial charge is 0.497 e. The van der Waals surface area contributed by atoms with Crippen molar-refractivity contribution in [2.75, 3.05) is 45.4 Å². The van der Waals surface area contributed by atoms with E-state index in [1.807, 2.05) is 29.2 Å². The SMILES string of the molecule is COc1cccc(CN2C(=O)N(c3ncc(-c4cn[nH]c4)c(OC)n3)CC23CCN(C(=O)C(C)(C)CO)CC3)c1. The minimum atomic E-state index is -0.858. The fourth-order valence-electron chi connectivity index (χ4n) is 5.43. The van der Waals surface area contributed by atoms with Crippen LogP contribution in [-0.2, 0) is 11.3 Å². The van der Waals surface area contributed by atoms with Gasteiger partial charge in [0.05, 0.1) is 50.1 Å². The molecule has 2 aliphatic heterocycles. The van der Waals surface area contributed by atoms with E-state index in [1.54, 1.807) is 49.3 Å². The van der Waals surface area contributed by atoms with E-state index in [9.17, 15) is 14.7 Å². The molecule has 5 rings (SSSR count). The summed E-state index contributed by atoms with van der Waals surface area (Å²) in [4.78, 5) is 41.5. The maximum absolute atomic E-state index is 14.0. The molecule has 4 heterocycles. The number of rotatable bonds is 8. The molecule has 0 atom stereocenters. The molecule has 2 fully saturated rings. The summed E-state index contributed by atoms with van der Waals surface area (Å²) in [6, 6.07) is 7.45. The number of aliphatic hydroxyl groups excluding tert-OH is 1. The van der Waals surface area contributed by atoms with E-state index in [1.165, 1.54) is 7.11 Å². The summed E-state index contributed by atoms with van der Waals surface area (Å²) >= 11 is 0. The lowest BCUT2D eigenvalue weighted by atomic mass is 9.84. The monoisotopic (exact) mass is 549 g/mol. The number of methoxy groups -OCH3 is 2. The van der Waals surface area contributed by atoms with Gasteiger partial charge in [-0.05, 0) is 44.4 Å². The molecule has 2 aromatic heterocycles. The zero-order chi connectivity index (χ0) is 28.5. The fourth-order valence-corrected chi connectivity index (χ4v) is 5.43. The second-order valence-electron chi connectivity index (χ2n) is 10.9. The molecule has 12 heteroatoms. The van der Waals surface area contributed by atoms with Crippen molar-refractivity contribution in [3.63, 3.8) is 0 Å². The standard InChI is InChI=1S/C28H35N7O5/c1-27(2,18-36)24(37)33-10-8-28(9-11-33)17-34(26(38)35(28)16-19-6-5-7-21(12-19)39-3)25-29-15-22(23(32-25)40-4)20-13-30-31-14-20/h5-7,12-15,36H,8-11,16-18H2,1-4H3,(H,30,31). The van der Waals surface area contributed by atoms with Crippen LogP contribution in [0.2, 0.25) is 0 Å². The molecule has 2 N–H and O–H groups in total. The van der Waals surface area contributed by atoms with Crippen LogP contribution in [0, 0.1) is 5.41 Å². The number of H-pyrrole nitrogens is 1. The van der Waals surface area contributed by atoms with Gasteiger partial charge in [-0.15, -0.1) is 0 Å². The minimum Gasteiger partial charge on any atom is -0.497 e. The van der Waals surface area contributed by atoms with Gasteiger partial charge in [0.15, 0.2) is 0 Å². The first-order valence-electron chi connectivity index (χ1n) is 13.2. The first-order valence-corrected chi connectivity index (χ1v) is 13.2. The quantitative estimate of drug-likeness (QED) is 0.438. The zero-order valence-electron chi connectivity index (χ0n) is 23.3. The molecule has 0 bridgehead atoms. The molecular formula is C28H35N7O5. The van der Waals surface area contributed by atoms with Gasteiger partial charge in [0.2, 0.25) is 17.7 Å². The second kappa shape index (κ2) is 10.8. The van der Waals surface area contributed by atoms with Crippen LogP contribution in [0.4, 0.5) is 10.7 Å². The first-order chi connectivity index (χ1) is 19.2. The molecule has 40 heavy (non-hydrogen) atoms. The van der Waals surface area contributed by atoms with Crippen molar-refractivity contribution in [1.29, 1.82) is 0 Å². The van der Waals surface area contributed by atoms with Gasteiger partial charge in [-0.25, -0.2) is 9.78 Å². The number of nitrogens with one attached hydrogen (secondary N) is 1. The lowest BCUT2D eigenvalue weighted by Crippen LogP contribution is -2.56. The van der Waals surface area contributed by atoms with Crippen molar-refractivity contribution >= 4 is 17.9 Å². The van der Waals surface area contributed by atoms with Gasteiger partial charge in [0.1, 0.15) is 5.75 Å². The average molecular weight is 550 g/mol. The lowest BCUT2D eigenvalue weighted by Gasteiger charge is -2.45. The second-order valence-corrected chi connectivity index (χ2v) is 10.9. The topological polar surface area (TPSA) is 137 Å². The number of piperidine rings is 1. The smallest absolute Gasteiger partial charge is 0.327 e. The number of aliphatic hydroxyl groups is 1. The molecule has 0 aliphatic carbocycles. The Morgan fingerprint density at radius 3 is 2.60 bits per heavy atom. The number of nitrogens with zero attached hydrogens (tertiary/aromatic N) is 6. The number of amides is 3. The molecule has 212 valence electrons. The van der Waals surface area contributed by atoms with Crippen LogP contribution < -0.4 is 14.4 Å². The third kappa shape index (κ3) is 4.94. The maximum atomic E-state index is 14.0. The van der Waals surface area contributed by atoms with Crippen LogP contribution in [0.3, 0.4) is 0 Å². The van der Waals surface area contributed by atoms with Crippen molar-refractivity contribution in [2.45, 2.75) is 38.8 Å². The number of likely N-dealkylation sites (tertiary alicyclic amines) is 1. The lowest BCUT2D eigenvalue weighted by molar-refractivity contribution is -0.144. The van der Waals surface area contributed by atoms with E-state index in [4.69, 9.17) is 9.47 Å². The molecule has 3 amide bonds. The van der Waals surface area contributed by atoms with Crippen LogP contribution in [0.1, 0.15) is 32.3 Å². The minimum absolute atomic E-state index is 0.0896. The van der Waals surface area contributed by atoms with E-state index in [0.717, 1.165) is 11.1 Å². The Kier molecular flexibility index (Phi) is 7.37. The van der Waals surface area contributed by atoms with Gasteiger partial charge in [-0.2, -0.15) is 10.1 Å². The molecule has 0 saturated carbocycles. The number of ether oxygens (including phenoxy) is 2. The molecule has 12 nitrogen and oxygen atoms in total. The number of hydrogen-bond acceptors (Lipinski definition) is 8. The van der Waals surface area contributed by atoms with Crippen LogP contribution in [0.5, 0.6) is 11.6 Å². The summed E-state index contributed by atoms with van der Waals surface area (Å²) in [7, 11) is 3.14. The Morgan fingerprint density at radius 1 is 1.18 bits per heavy atom. The molecule has 0 radical (unpaired) electrons. The maximum Gasteiger partial charge on any atom is 0.327 e. The molecule has 2 saturated heterocycles. The van der Waals surface area contributed by atoms with Gasteiger partial charge in [0, 0.05) is 37.6 Å². The summed E-state index contributed by atoms with van der Waals surface area (Å²) < 4.78 is 11.0. The Labute approximate surface area is 232 Å². The Hall–Kier alpha value is -4.19. The third-order valence-corrected chi connectivity index (χ3v) is 7.90. The Balaban J connectivity index is 1.46. The highest BCUT2D eigenvalue weighted by Crippen LogP contribution is 2.40. The Bertz CT molecular complexity index is 1370. The van der Waals surface area contributed by atoms with Crippen LogP contribution >= 0.6 is 0 Å². The van der Waals surface area contributed by atoms with Crippen LogP contribution in [0.15, 0.2) is 42.9 Å². The predicted octanol–water partition coefficient (Wildman–Crippen LogP) is 2.71. The molecule has 1 spiro atoms. The van der Waals surface area contributed by atoms with Gasteiger partial charge in [-0.1, -0.05) is 12.1 Å². The molecule has 1 aromatic carbocycles. The number of urea groups is 1. The molecular weight excluding hydrogens is 514 g/mol. The summed E-state index contributed by atoms with van der Waals surface area (Å²) in [6.45, 7) is 4.95. The number of benzene rings is 1. The van der Waals surface area contributed by atoms with Crippen LogP contribution in [0.25, 0.3) is 11.1 Å². The predicted molar refractivity (Wildman–Crippen MR) is 147 cm³/mol. The third-order valence-electron chi connectivity index (χ3n) is 7.90. The summed E-state index contributed by atoms with van der Waals surface area (Å²) in [5, 5.41) is 16.5. The average Bonchev–Trinajstić information content (AvgIpc) is 3.61. The number of carbonyl (C=O) groups is 2. The number of hydrogen-bond donors (Lipinski definition) is 2. The number of anilines is 1. The van der Waals surface area contributed by atoms with Crippen molar-refractivity contribution in [3.05, 3.63) is 48.4 Å². The van der Waals surface area contributed by atoms with Crippen molar-refractivity contribution in [3.8, 4) is 22.8 Å². The molecule has 0 unspecified atom stereocenters. The highest BCUT2D eigenvalue weighted by molar-refractivity contribution is 5.94. The van der Waals surface area contributed by atoms with E-state index >= 15 is 0 Å². The molecule has 2 aliphatic rings. The fraction of sp³-hybridized carbons (Fsp3) is 0.464. The van der Waals surface area contributed by atoms with E-state index in [0.29, 0.717) is 56.2 Å². The summed E-state index contributed by atoms with van der Waals surface area (Å²) in [6.07, 6.45) is 6.17. The van der Waals surface area contributed by atoms with Gasteiger partial charge in [0.25, 0.3) is 0 Å². The summed E-state index contributed by atoms with van der Waals surface area (Å²) in [5.74, 6) is 1.21. The van der Waals surface area contributed by atoms with E-state index in [-0.39, 0.29) is 24.5 Å². The Morgan fingerprint density at radius 2 is 1.95 bits per heavy atom. The number of aromatic amines is 1. The number of aromatic nitrogens is 4. The van der Waals surface area contributed by atoms with Gasteiger partial charge < -0.3 is 24.4 Å². The molecule has 3 aromatic rings. The van der Waals surface area contributed by atoms with E-state index < -0.39 is 11.0 Å². The summed E-state index contributed by atoms with van der Waals surface area (Å²) in [5.41, 5.74) is 0.967. The first kappa shape index (κ1) is 27.4. The van der Waals surface area contributed by atoms with Gasteiger partial charge >= 0.3 is 6.03 Å². The van der Waals surface area contributed by atoms with E-state index in [2.05, 4.69) is 20.2 Å². The highest BCUT2D eigenvalue weighted by atomic mass is 16.5.